The Morgan fingerprint density at radius 1 is 1.30 bits per heavy atom. The van der Waals surface area contributed by atoms with Crippen LogP contribution >= 0.6 is 12.4 Å². The van der Waals surface area contributed by atoms with E-state index in [-0.39, 0.29) is 37.3 Å². The molecule has 0 bridgehead atoms. The molecule has 2 amide bonds. The van der Waals surface area contributed by atoms with Crippen LogP contribution in [0.15, 0.2) is 30.3 Å². The summed E-state index contributed by atoms with van der Waals surface area (Å²) < 4.78 is 0. The molecule has 1 aromatic rings. The number of hydrogen-bond donors (Lipinski definition) is 2. The van der Waals surface area contributed by atoms with Crippen LogP contribution in [0.1, 0.15) is 17.9 Å². The summed E-state index contributed by atoms with van der Waals surface area (Å²) in [4.78, 5) is 24.7. The van der Waals surface area contributed by atoms with E-state index in [4.69, 9.17) is 5.73 Å². The number of nitrogens with two attached hydrogens (primary N) is 1. The van der Waals surface area contributed by atoms with Gasteiger partial charge in [-0.05, 0) is 12.0 Å². The molecular formula is C14H20ClN3O2. The van der Waals surface area contributed by atoms with E-state index in [0.717, 1.165) is 19.5 Å². The predicted molar refractivity (Wildman–Crippen MR) is 79.7 cm³/mol. The van der Waals surface area contributed by atoms with Gasteiger partial charge >= 0.3 is 0 Å². The zero-order valence-corrected chi connectivity index (χ0v) is 12.1. The highest BCUT2D eigenvalue weighted by molar-refractivity contribution is 5.86. The molecule has 0 saturated carbocycles. The number of amides is 2. The second-order valence-corrected chi connectivity index (χ2v) is 4.72. The van der Waals surface area contributed by atoms with Crippen LogP contribution in [-0.2, 0) is 9.59 Å². The van der Waals surface area contributed by atoms with Crippen LogP contribution in [0.2, 0.25) is 0 Å². The SMILES string of the molecule is Cl.NCC(=O)NCC(=O)N1CCC(c2ccccc2)C1. The van der Waals surface area contributed by atoms with E-state index in [1.54, 1.807) is 4.90 Å². The van der Waals surface area contributed by atoms with Crippen LogP contribution < -0.4 is 11.1 Å². The summed E-state index contributed by atoms with van der Waals surface area (Å²) in [6.07, 6.45) is 0.973. The van der Waals surface area contributed by atoms with Gasteiger partial charge in [-0.2, -0.15) is 0 Å². The number of nitrogens with zero attached hydrogens (tertiary/aromatic N) is 1. The van der Waals surface area contributed by atoms with Gasteiger partial charge in [0.05, 0.1) is 13.1 Å². The Kier molecular flexibility index (Phi) is 6.48. The molecule has 3 N–H and O–H groups in total. The Hall–Kier alpha value is -1.59. The Bertz CT molecular complexity index is 453. The second kappa shape index (κ2) is 7.87. The molecule has 1 unspecified atom stereocenters. The number of nitrogens with one attached hydrogen (secondary N) is 1. The number of halogens is 1. The first-order chi connectivity index (χ1) is 9.20. The number of hydrogen-bond acceptors (Lipinski definition) is 3. The van der Waals surface area contributed by atoms with E-state index in [2.05, 4.69) is 17.4 Å². The van der Waals surface area contributed by atoms with Gasteiger partial charge in [0, 0.05) is 19.0 Å². The first-order valence-corrected chi connectivity index (χ1v) is 6.50. The third kappa shape index (κ3) is 4.21. The third-order valence-electron chi connectivity index (χ3n) is 3.43. The molecule has 0 aliphatic carbocycles. The number of carbonyl (C=O) groups is 2. The van der Waals surface area contributed by atoms with Gasteiger partial charge < -0.3 is 16.0 Å². The van der Waals surface area contributed by atoms with Gasteiger partial charge in [0.1, 0.15) is 0 Å². The molecule has 5 nitrogen and oxygen atoms in total. The van der Waals surface area contributed by atoms with Crippen molar-refractivity contribution in [3.05, 3.63) is 35.9 Å². The Labute approximate surface area is 124 Å². The molecule has 1 saturated heterocycles. The molecule has 0 radical (unpaired) electrons. The maximum absolute atomic E-state index is 11.9. The van der Waals surface area contributed by atoms with Crippen molar-refractivity contribution >= 4 is 24.2 Å². The lowest BCUT2D eigenvalue weighted by molar-refractivity contribution is -0.131. The van der Waals surface area contributed by atoms with Crippen LogP contribution in [0.3, 0.4) is 0 Å². The molecule has 1 atom stereocenters. The minimum Gasteiger partial charge on any atom is -0.346 e. The lowest BCUT2D eigenvalue weighted by atomic mass is 9.99. The average Bonchev–Trinajstić information content (AvgIpc) is 2.95. The number of likely N-dealkylation sites (tertiary alicyclic amines) is 1. The monoisotopic (exact) mass is 297 g/mol. The fourth-order valence-corrected chi connectivity index (χ4v) is 2.34. The molecule has 1 aromatic carbocycles. The third-order valence-corrected chi connectivity index (χ3v) is 3.43. The van der Waals surface area contributed by atoms with Crippen LogP contribution in [-0.4, -0.2) is 42.9 Å². The average molecular weight is 298 g/mol. The minimum absolute atomic E-state index is 0. The van der Waals surface area contributed by atoms with Gasteiger partial charge in [0.2, 0.25) is 11.8 Å². The van der Waals surface area contributed by atoms with Crippen LogP contribution in [0.5, 0.6) is 0 Å². The van der Waals surface area contributed by atoms with Gasteiger partial charge in [-0.25, -0.2) is 0 Å². The summed E-state index contributed by atoms with van der Waals surface area (Å²) in [5.74, 6) is 0.0581. The maximum atomic E-state index is 11.9. The topological polar surface area (TPSA) is 75.4 Å². The fourth-order valence-electron chi connectivity index (χ4n) is 2.34. The first-order valence-electron chi connectivity index (χ1n) is 6.50. The molecule has 2 rings (SSSR count). The van der Waals surface area contributed by atoms with Crippen molar-refractivity contribution in [2.24, 2.45) is 5.73 Å². The molecule has 0 spiro atoms. The van der Waals surface area contributed by atoms with Crippen molar-refractivity contribution < 1.29 is 9.59 Å². The largest absolute Gasteiger partial charge is 0.346 e. The van der Waals surface area contributed by atoms with Crippen molar-refractivity contribution in [3.63, 3.8) is 0 Å². The lowest BCUT2D eigenvalue weighted by Crippen LogP contribution is -2.40. The van der Waals surface area contributed by atoms with E-state index in [9.17, 15) is 9.59 Å². The molecule has 1 aliphatic heterocycles. The van der Waals surface area contributed by atoms with Gasteiger partial charge in [0.25, 0.3) is 0 Å². The highest BCUT2D eigenvalue weighted by Gasteiger charge is 2.26. The quantitative estimate of drug-likeness (QED) is 0.850. The number of carbonyl (C=O) groups excluding carboxylic acids is 2. The number of benzene rings is 1. The summed E-state index contributed by atoms with van der Waals surface area (Å²) in [5.41, 5.74) is 6.44. The summed E-state index contributed by atoms with van der Waals surface area (Å²) in [6, 6.07) is 10.2. The van der Waals surface area contributed by atoms with E-state index >= 15 is 0 Å². The molecule has 0 aromatic heterocycles. The maximum Gasteiger partial charge on any atom is 0.241 e. The molecule has 1 fully saturated rings. The van der Waals surface area contributed by atoms with E-state index in [1.165, 1.54) is 5.56 Å². The van der Waals surface area contributed by atoms with E-state index in [0.29, 0.717) is 5.92 Å². The van der Waals surface area contributed by atoms with Crippen molar-refractivity contribution in [2.75, 3.05) is 26.2 Å². The summed E-state index contributed by atoms with van der Waals surface area (Å²) in [7, 11) is 0. The highest BCUT2D eigenvalue weighted by atomic mass is 35.5. The lowest BCUT2D eigenvalue weighted by Gasteiger charge is -2.17. The summed E-state index contributed by atoms with van der Waals surface area (Å²) in [6.45, 7) is 1.43. The van der Waals surface area contributed by atoms with Crippen molar-refractivity contribution in [3.8, 4) is 0 Å². The van der Waals surface area contributed by atoms with Gasteiger partial charge in [0.15, 0.2) is 0 Å². The Balaban J connectivity index is 0.00000200. The molecule has 1 heterocycles. The van der Waals surface area contributed by atoms with Crippen LogP contribution in [0.25, 0.3) is 0 Å². The molecule has 110 valence electrons. The Morgan fingerprint density at radius 2 is 2.00 bits per heavy atom. The van der Waals surface area contributed by atoms with Crippen molar-refractivity contribution in [1.29, 1.82) is 0 Å². The van der Waals surface area contributed by atoms with Crippen molar-refractivity contribution in [1.82, 2.24) is 10.2 Å². The van der Waals surface area contributed by atoms with Crippen LogP contribution in [0.4, 0.5) is 0 Å². The zero-order chi connectivity index (χ0) is 13.7. The standard InChI is InChI=1S/C14H19N3O2.ClH/c15-8-13(18)16-9-14(19)17-7-6-12(10-17)11-4-2-1-3-5-11;/h1-5,12H,6-10,15H2,(H,16,18);1H. The smallest absolute Gasteiger partial charge is 0.241 e. The Morgan fingerprint density at radius 3 is 2.65 bits per heavy atom. The zero-order valence-electron chi connectivity index (χ0n) is 11.2. The van der Waals surface area contributed by atoms with Gasteiger partial charge in [-0.1, -0.05) is 30.3 Å². The first kappa shape index (κ1) is 16.5. The van der Waals surface area contributed by atoms with Gasteiger partial charge in [-0.3, -0.25) is 9.59 Å². The molecule has 1 aliphatic rings. The van der Waals surface area contributed by atoms with E-state index in [1.807, 2.05) is 18.2 Å². The normalized spacial score (nSPS) is 17.4. The number of rotatable bonds is 4. The summed E-state index contributed by atoms with van der Waals surface area (Å²) in [5, 5.41) is 2.51. The highest BCUT2D eigenvalue weighted by Crippen LogP contribution is 2.26. The fraction of sp³-hybridized carbons (Fsp3) is 0.429. The molecule has 6 heteroatoms. The van der Waals surface area contributed by atoms with Gasteiger partial charge in [-0.15, -0.1) is 12.4 Å². The molecular weight excluding hydrogens is 278 g/mol. The van der Waals surface area contributed by atoms with E-state index < -0.39 is 0 Å². The molecule has 20 heavy (non-hydrogen) atoms. The van der Waals surface area contributed by atoms with Crippen molar-refractivity contribution in [2.45, 2.75) is 12.3 Å². The summed E-state index contributed by atoms with van der Waals surface area (Å²) >= 11 is 0. The van der Waals surface area contributed by atoms with Crippen LogP contribution in [0, 0.1) is 0 Å². The minimum atomic E-state index is -0.299. The predicted octanol–water partition coefficient (Wildman–Crippen LogP) is 0.499. The second-order valence-electron chi connectivity index (χ2n) is 4.72.